The van der Waals surface area contributed by atoms with E-state index in [1.54, 1.807) is 12.1 Å². The molecule has 0 radical (unpaired) electrons. The van der Waals surface area contributed by atoms with Crippen molar-refractivity contribution in [3.8, 4) is 0 Å². The van der Waals surface area contributed by atoms with Crippen molar-refractivity contribution in [3.05, 3.63) is 66.2 Å². The molecule has 132 valence electrons. The molecule has 0 aliphatic carbocycles. The van der Waals surface area contributed by atoms with Crippen molar-refractivity contribution >= 4 is 17.5 Å². The lowest BCUT2D eigenvalue weighted by Gasteiger charge is -2.17. The monoisotopic (exact) mass is 339 g/mol. The van der Waals surface area contributed by atoms with Gasteiger partial charge in [0, 0.05) is 5.69 Å². The minimum atomic E-state index is -0.310. The summed E-state index contributed by atoms with van der Waals surface area (Å²) in [5.74, 6) is -0.390. The molecule has 0 saturated heterocycles. The zero-order valence-electron chi connectivity index (χ0n) is 14.5. The Hall–Kier alpha value is -2.66. The number of para-hydroxylation sites is 1. The average molecular weight is 339 g/mol. The number of carbonyl (C=O) groups excluding carboxylic acids is 2. The first kappa shape index (κ1) is 18.7. The van der Waals surface area contributed by atoms with Gasteiger partial charge in [0.1, 0.15) is 0 Å². The standard InChI is InChI=1S/C20H25N3O2/c1-2-21-18(14-13-16-9-5-3-6-10-16)20(25)22-15-19(24)23-17-11-7-4-8-12-17/h3-12,18,21H,2,13-15H2,1H3,(H,22,25)(H,23,24)/t18-/m0/s1. The topological polar surface area (TPSA) is 70.2 Å². The van der Waals surface area contributed by atoms with Crippen molar-refractivity contribution in [2.45, 2.75) is 25.8 Å². The first-order valence-electron chi connectivity index (χ1n) is 8.59. The molecule has 0 saturated carbocycles. The molecule has 5 heteroatoms. The lowest BCUT2D eigenvalue weighted by molar-refractivity contribution is -0.125. The Balaban J connectivity index is 1.79. The number of nitrogens with one attached hydrogen (secondary N) is 3. The van der Waals surface area contributed by atoms with Crippen LogP contribution in [0.1, 0.15) is 18.9 Å². The van der Waals surface area contributed by atoms with E-state index in [2.05, 4.69) is 16.0 Å². The van der Waals surface area contributed by atoms with Crippen LogP contribution in [-0.4, -0.2) is 30.9 Å². The third kappa shape index (κ3) is 6.77. The van der Waals surface area contributed by atoms with Crippen molar-refractivity contribution in [2.24, 2.45) is 0 Å². The molecule has 2 amide bonds. The van der Waals surface area contributed by atoms with E-state index in [9.17, 15) is 9.59 Å². The predicted molar refractivity (Wildman–Crippen MR) is 100 cm³/mol. The Kier molecular flexibility index (Phi) is 7.66. The second-order valence-corrected chi connectivity index (χ2v) is 5.77. The van der Waals surface area contributed by atoms with Crippen LogP contribution in [0.3, 0.4) is 0 Å². The van der Waals surface area contributed by atoms with Gasteiger partial charge in [-0.1, -0.05) is 55.5 Å². The maximum Gasteiger partial charge on any atom is 0.243 e. The molecular formula is C20H25N3O2. The molecule has 2 rings (SSSR count). The predicted octanol–water partition coefficient (Wildman–Crippen LogP) is 2.35. The molecule has 0 bridgehead atoms. The van der Waals surface area contributed by atoms with Gasteiger partial charge in [-0.15, -0.1) is 0 Å². The largest absolute Gasteiger partial charge is 0.346 e. The summed E-state index contributed by atoms with van der Waals surface area (Å²) in [6, 6.07) is 18.9. The first-order valence-corrected chi connectivity index (χ1v) is 8.59. The maximum atomic E-state index is 12.4. The fourth-order valence-electron chi connectivity index (χ4n) is 2.55. The van der Waals surface area contributed by atoms with E-state index in [4.69, 9.17) is 0 Å². The first-order chi connectivity index (χ1) is 12.2. The third-order valence-corrected chi connectivity index (χ3v) is 3.81. The molecule has 0 fully saturated rings. The molecule has 0 spiro atoms. The lowest BCUT2D eigenvalue weighted by atomic mass is 10.0. The van der Waals surface area contributed by atoms with Crippen LogP contribution in [0.2, 0.25) is 0 Å². The van der Waals surface area contributed by atoms with Gasteiger partial charge in [-0.05, 0) is 37.1 Å². The number of hydrogen-bond acceptors (Lipinski definition) is 3. The maximum absolute atomic E-state index is 12.4. The molecule has 0 aliphatic heterocycles. The Labute approximate surface area is 148 Å². The summed E-state index contributed by atoms with van der Waals surface area (Å²) >= 11 is 0. The molecule has 1 atom stereocenters. The van der Waals surface area contributed by atoms with Crippen LogP contribution in [-0.2, 0) is 16.0 Å². The van der Waals surface area contributed by atoms with Gasteiger partial charge >= 0.3 is 0 Å². The van der Waals surface area contributed by atoms with Gasteiger partial charge in [0.05, 0.1) is 12.6 Å². The number of rotatable bonds is 9. The van der Waals surface area contributed by atoms with Crippen LogP contribution in [0.15, 0.2) is 60.7 Å². The van der Waals surface area contributed by atoms with E-state index in [1.807, 2.05) is 55.5 Å². The fourth-order valence-corrected chi connectivity index (χ4v) is 2.55. The molecule has 2 aromatic carbocycles. The number of likely N-dealkylation sites (N-methyl/N-ethyl adjacent to an activating group) is 1. The van der Waals surface area contributed by atoms with Gasteiger partial charge < -0.3 is 16.0 Å². The summed E-state index contributed by atoms with van der Waals surface area (Å²) < 4.78 is 0. The highest BCUT2D eigenvalue weighted by Crippen LogP contribution is 2.06. The molecule has 0 unspecified atom stereocenters. The number of aryl methyl sites for hydroxylation is 1. The highest BCUT2D eigenvalue weighted by molar-refractivity contribution is 5.95. The van der Waals surface area contributed by atoms with Crippen LogP contribution in [0.5, 0.6) is 0 Å². The van der Waals surface area contributed by atoms with E-state index >= 15 is 0 Å². The highest BCUT2D eigenvalue weighted by atomic mass is 16.2. The van der Waals surface area contributed by atoms with Gasteiger partial charge in [-0.3, -0.25) is 9.59 Å². The highest BCUT2D eigenvalue weighted by Gasteiger charge is 2.17. The summed E-state index contributed by atoms with van der Waals surface area (Å²) in [4.78, 5) is 24.3. The normalized spacial score (nSPS) is 11.6. The average Bonchev–Trinajstić information content (AvgIpc) is 2.65. The van der Waals surface area contributed by atoms with Gasteiger partial charge in [0.15, 0.2) is 0 Å². The van der Waals surface area contributed by atoms with E-state index in [0.717, 1.165) is 6.42 Å². The second-order valence-electron chi connectivity index (χ2n) is 5.77. The minimum Gasteiger partial charge on any atom is -0.346 e. The van der Waals surface area contributed by atoms with Crippen molar-refractivity contribution in [1.29, 1.82) is 0 Å². The summed E-state index contributed by atoms with van der Waals surface area (Å²) in [6.07, 6.45) is 1.49. The van der Waals surface area contributed by atoms with Gasteiger partial charge in [0.25, 0.3) is 0 Å². The van der Waals surface area contributed by atoms with E-state index in [1.165, 1.54) is 5.56 Å². The molecule has 0 heterocycles. The zero-order valence-corrected chi connectivity index (χ0v) is 14.5. The smallest absolute Gasteiger partial charge is 0.243 e. The van der Waals surface area contributed by atoms with Gasteiger partial charge in [-0.2, -0.15) is 0 Å². The summed E-state index contributed by atoms with van der Waals surface area (Å²) in [6.45, 7) is 2.62. The molecule has 5 nitrogen and oxygen atoms in total. The molecule has 0 aromatic heterocycles. The zero-order chi connectivity index (χ0) is 17.9. The number of carbonyl (C=O) groups is 2. The van der Waals surface area contributed by atoms with E-state index in [0.29, 0.717) is 18.7 Å². The van der Waals surface area contributed by atoms with Crippen LogP contribution in [0, 0.1) is 0 Å². The third-order valence-electron chi connectivity index (χ3n) is 3.81. The number of anilines is 1. The van der Waals surface area contributed by atoms with Gasteiger partial charge in [-0.25, -0.2) is 0 Å². The van der Waals surface area contributed by atoms with Crippen molar-refractivity contribution in [2.75, 3.05) is 18.4 Å². The molecule has 2 aromatic rings. The Morgan fingerprint density at radius 2 is 1.60 bits per heavy atom. The van der Waals surface area contributed by atoms with Crippen LogP contribution < -0.4 is 16.0 Å². The second kappa shape index (κ2) is 10.3. The Morgan fingerprint density at radius 3 is 2.24 bits per heavy atom. The fraction of sp³-hybridized carbons (Fsp3) is 0.300. The quantitative estimate of drug-likeness (QED) is 0.657. The van der Waals surface area contributed by atoms with E-state index in [-0.39, 0.29) is 24.4 Å². The summed E-state index contributed by atoms with van der Waals surface area (Å²) in [5, 5.41) is 8.64. The molecule has 3 N–H and O–H groups in total. The number of amides is 2. The van der Waals surface area contributed by atoms with Crippen LogP contribution in [0.25, 0.3) is 0 Å². The van der Waals surface area contributed by atoms with Crippen molar-refractivity contribution in [3.63, 3.8) is 0 Å². The molecule has 25 heavy (non-hydrogen) atoms. The molecule has 0 aliphatic rings. The summed E-state index contributed by atoms with van der Waals surface area (Å²) in [7, 11) is 0. The minimum absolute atomic E-state index is 0.0407. The van der Waals surface area contributed by atoms with Crippen molar-refractivity contribution < 1.29 is 9.59 Å². The molecular weight excluding hydrogens is 314 g/mol. The summed E-state index contributed by atoms with van der Waals surface area (Å²) in [5.41, 5.74) is 1.91. The number of benzene rings is 2. The lowest BCUT2D eigenvalue weighted by Crippen LogP contribution is -2.46. The van der Waals surface area contributed by atoms with E-state index < -0.39 is 0 Å². The van der Waals surface area contributed by atoms with Crippen LogP contribution in [0.4, 0.5) is 5.69 Å². The SMILES string of the molecule is CCN[C@@H](CCc1ccccc1)C(=O)NCC(=O)Nc1ccccc1. The van der Waals surface area contributed by atoms with Crippen LogP contribution >= 0.6 is 0 Å². The van der Waals surface area contributed by atoms with Gasteiger partial charge in [0.2, 0.25) is 11.8 Å². The van der Waals surface area contributed by atoms with Crippen molar-refractivity contribution in [1.82, 2.24) is 10.6 Å². The Bertz CT molecular complexity index is 659. The Morgan fingerprint density at radius 1 is 0.960 bits per heavy atom. The number of hydrogen-bond donors (Lipinski definition) is 3.